The third kappa shape index (κ3) is 5.49. The van der Waals surface area contributed by atoms with Gasteiger partial charge in [-0.25, -0.2) is 0 Å². The Hall–Kier alpha value is -7.42. The van der Waals surface area contributed by atoms with E-state index in [1.807, 2.05) is 6.07 Å². The highest BCUT2D eigenvalue weighted by Gasteiger charge is 2.36. The molecule has 1 aromatic heterocycles. The van der Waals surface area contributed by atoms with Crippen LogP contribution in [0.1, 0.15) is 36.1 Å². The Kier molecular flexibility index (Phi) is 7.74. The molecule has 0 atom stereocenters. The molecular formula is C59H43NO. The fourth-order valence-corrected chi connectivity index (χ4v) is 10.3. The molecule has 0 radical (unpaired) electrons. The number of rotatable bonds is 5. The van der Waals surface area contributed by atoms with Gasteiger partial charge in [0.05, 0.1) is 0 Å². The van der Waals surface area contributed by atoms with Crippen molar-refractivity contribution >= 4 is 71.3 Å². The lowest BCUT2D eigenvalue weighted by atomic mass is 9.81. The number of hydrogen-bond acceptors (Lipinski definition) is 2. The van der Waals surface area contributed by atoms with Crippen LogP contribution in [-0.4, -0.2) is 0 Å². The first-order valence-corrected chi connectivity index (χ1v) is 21.3. The molecule has 0 fully saturated rings. The highest BCUT2D eigenvalue weighted by Crippen LogP contribution is 2.52. The van der Waals surface area contributed by atoms with E-state index < -0.39 is 0 Å². The largest absolute Gasteiger partial charge is 0.456 e. The van der Waals surface area contributed by atoms with Gasteiger partial charge in [0, 0.05) is 33.2 Å². The van der Waals surface area contributed by atoms with Crippen molar-refractivity contribution in [3.05, 3.63) is 210 Å². The van der Waals surface area contributed by atoms with E-state index in [0.29, 0.717) is 0 Å². The van der Waals surface area contributed by atoms with Gasteiger partial charge in [-0.3, -0.25) is 0 Å². The Morgan fingerprint density at radius 2 is 0.836 bits per heavy atom. The Balaban J connectivity index is 1.01. The minimum Gasteiger partial charge on any atom is -0.456 e. The van der Waals surface area contributed by atoms with Gasteiger partial charge in [-0.05, 0) is 175 Å². The molecule has 12 rings (SSSR count). The number of furan rings is 1. The van der Waals surface area contributed by atoms with Crippen LogP contribution in [0.5, 0.6) is 0 Å². The van der Waals surface area contributed by atoms with Gasteiger partial charge in [0.25, 0.3) is 0 Å². The first kappa shape index (κ1) is 35.5. The van der Waals surface area contributed by atoms with E-state index in [0.717, 1.165) is 33.3 Å². The first-order valence-electron chi connectivity index (χ1n) is 21.3. The molecule has 0 saturated carbocycles. The summed E-state index contributed by atoms with van der Waals surface area (Å²) >= 11 is 0. The van der Waals surface area contributed by atoms with Crippen molar-refractivity contribution < 1.29 is 4.42 Å². The molecule has 10 aromatic carbocycles. The normalized spacial score (nSPS) is 13.0. The molecule has 61 heavy (non-hydrogen) atoms. The molecule has 0 unspecified atom stereocenters. The summed E-state index contributed by atoms with van der Waals surface area (Å²) in [5, 5.41) is 9.84. The maximum atomic E-state index is 6.23. The summed E-state index contributed by atoms with van der Waals surface area (Å²) < 4.78 is 6.23. The molecule has 0 amide bonds. The summed E-state index contributed by atoms with van der Waals surface area (Å²) in [5.41, 5.74) is 17.9. The van der Waals surface area contributed by atoms with E-state index in [1.165, 1.54) is 93.6 Å². The van der Waals surface area contributed by atoms with Gasteiger partial charge in [-0.2, -0.15) is 0 Å². The summed E-state index contributed by atoms with van der Waals surface area (Å²) in [4.78, 5) is 2.40. The van der Waals surface area contributed by atoms with Crippen LogP contribution in [0.25, 0.3) is 87.6 Å². The number of anilines is 3. The Morgan fingerprint density at radius 1 is 0.344 bits per heavy atom. The molecule has 0 aliphatic heterocycles. The maximum Gasteiger partial charge on any atom is 0.135 e. The lowest BCUT2D eigenvalue weighted by Crippen LogP contribution is -2.16. The standard InChI is InChI=1S/C59H43NO/c1-36-13-11-15-40(29-36)60(41-16-12-14-37(2)30-41)42-25-27-48-47-26-23-39(32-55(47)59(3,4)56(48)33-42)51-35-53-45-19-7-5-17-43(45)50(34-52(53)46-20-8-6-18-44(46)51)38-24-28-58-54(31-38)49-21-9-10-22-57(49)61-58/h5-35H,1-4H3. The van der Waals surface area contributed by atoms with Crippen LogP contribution >= 0.6 is 0 Å². The molecule has 1 heterocycles. The third-order valence-corrected chi connectivity index (χ3v) is 13.3. The molecule has 0 spiro atoms. The Bertz CT molecular complexity index is 3560. The SMILES string of the molecule is Cc1cccc(N(c2cccc(C)c2)c2ccc3c(c2)C(C)(C)c2cc(-c4cc5c6ccccc6c(-c6ccc7oc8ccccc8c7c6)cc5c5ccccc45)ccc2-3)c1. The van der Waals surface area contributed by atoms with Gasteiger partial charge in [-0.15, -0.1) is 0 Å². The topological polar surface area (TPSA) is 16.4 Å². The van der Waals surface area contributed by atoms with Gasteiger partial charge in [-0.1, -0.05) is 129 Å². The van der Waals surface area contributed by atoms with Crippen LogP contribution in [0.4, 0.5) is 17.1 Å². The molecule has 2 heteroatoms. The summed E-state index contributed by atoms with van der Waals surface area (Å²) in [6.07, 6.45) is 0. The van der Waals surface area contributed by atoms with E-state index in [-0.39, 0.29) is 5.41 Å². The maximum absolute atomic E-state index is 6.23. The summed E-state index contributed by atoms with van der Waals surface area (Å²) in [7, 11) is 0. The van der Waals surface area contributed by atoms with Gasteiger partial charge in [0.1, 0.15) is 11.2 Å². The summed E-state index contributed by atoms with van der Waals surface area (Å²) in [5.74, 6) is 0. The zero-order chi connectivity index (χ0) is 41.0. The molecule has 2 nitrogen and oxygen atoms in total. The fourth-order valence-electron chi connectivity index (χ4n) is 10.3. The summed E-state index contributed by atoms with van der Waals surface area (Å²) in [6, 6.07) is 69.6. The number of nitrogens with zero attached hydrogens (tertiary/aromatic N) is 1. The van der Waals surface area contributed by atoms with Crippen molar-refractivity contribution in [2.75, 3.05) is 4.90 Å². The minimum absolute atomic E-state index is 0.211. The average Bonchev–Trinajstić information content (AvgIpc) is 3.76. The van der Waals surface area contributed by atoms with E-state index in [4.69, 9.17) is 4.42 Å². The van der Waals surface area contributed by atoms with Crippen LogP contribution in [-0.2, 0) is 5.41 Å². The lowest BCUT2D eigenvalue weighted by Gasteiger charge is -2.28. The third-order valence-electron chi connectivity index (χ3n) is 13.3. The summed E-state index contributed by atoms with van der Waals surface area (Å²) in [6.45, 7) is 9.13. The monoisotopic (exact) mass is 781 g/mol. The molecule has 0 saturated heterocycles. The second-order valence-electron chi connectivity index (χ2n) is 17.5. The van der Waals surface area contributed by atoms with Crippen LogP contribution in [0.2, 0.25) is 0 Å². The Labute approximate surface area is 355 Å². The zero-order valence-electron chi connectivity index (χ0n) is 34.8. The molecule has 1 aliphatic rings. The second-order valence-corrected chi connectivity index (χ2v) is 17.5. The predicted octanol–water partition coefficient (Wildman–Crippen LogP) is 16.8. The van der Waals surface area contributed by atoms with Crippen LogP contribution < -0.4 is 4.90 Å². The Morgan fingerprint density at radius 3 is 1.46 bits per heavy atom. The van der Waals surface area contributed by atoms with Gasteiger partial charge < -0.3 is 9.32 Å². The molecule has 0 N–H and O–H groups in total. The molecule has 290 valence electrons. The van der Waals surface area contributed by atoms with Crippen molar-refractivity contribution in [3.8, 4) is 33.4 Å². The number of benzene rings is 10. The van der Waals surface area contributed by atoms with Gasteiger partial charge in [0.15, 0.2) is 0 Å². The molecule has 11 aromatic rings. The minimum atomic E-state index is -0.211. The van der Waals surface area contributed by atoms with Crippen LogP contribution in [0, 0.1) is 13.8 Å². The highest BCUT2D eigenvalue weighted by molar-refractivity contribution is 6.24. The quantitative estimate of drug-likeness (QED) is 0.162. The van der Waals surface area contributed by atoms with Crippen molar-refractivity contribution in [1.82, 2.24) is 0 Å². The van der Waals surface area contributed by atoms with E-state index in [9.17, 15) is 0 Å². The fraction of sp³-hybridized carbons (Fsp3) is 0.0847. The average molecular weight is 782 g/mol. The second kappa shape index (κ2) is 13.3. The first-order chi connectivity index (χ1) is 29.8. The molecular weight excluding hydrogens is 739 g/mol. The van der Waals surface area contributed by atoms with E-state index in [1.54, 1.807) is 0 Å². The number of aryl methyl sites for hydroxylation is 2. The number of fused-ring (bicyclic) bond motifs is 11. The van der Waals surface area contributed by atoms with Crippen molar-refractivity contribution in [1.29, 1.82) is 0 Å². The van der Waals surface area contributed by atoms with Crippen molar-refractivity contribution in [2.45, 2.75) is 33.1 Å². The van der Waals surface area contributed by atoms with Crippen molar-refractivity contribution in [2.24, 2.45) is 0 Å². The molecule has 0 bridgehead atoms. The zero-order valence-corrected chi connectivity index (χ0v) is 34.8. The van der Waals surface area contributed by atoms with E-state index >= 15 is 0 Å². The highest BCUT2D eigenvalue weighted by atomic mass is 16.3. The number of para-hydroxylation sites is 1. The van der Waals surface area contributed by atoms with Crippen LogP contribution in [0.3, 0.4) is 0 Å². The van der Waals surface area contributed by atoms with Gasteiger partial charge in [0.2, 0.25) is 0 Å². The van der Waals surface area contributed by atoms with Crippen molar-refractivity contribution in [3.63, 3.8) is 0 Å². The molecule has 1 aliphatic carbocycles. The van der Waals surface area contributed by atoms with Crippen LogP contribution in [0.15, 0.2) is 192 Å². The van der Waals surface area contributed by atoms with Gasteiger partial charge >= 0.3 is 0 Å². The smallest absolute Gasteiger partial charge is 0.135 e. The van der Waals surface area contributed by atoms with E-state index in [2.05, 4.69) is 215 Å². The lowest BCUT2D eigenvalue weighted by molar-refractivity contribution is 0.660. The predicted molar refractivity (Wildman–Crippen MR) is 259 cm³/mol. The number of hydrogen-bond donors (Lipinski definition) is 0.